The van der Waals surface area contributed by atoms with E-state index in [2.05, 4.69) is 94.5 Å². The molecule has 2 aromatic heterocycles. The molecule has 0 saturated heterocycles. The molecule has 1 aromatic carbocycles. The quantitative estimate of drug-likeness (QED) is 0.459. The van der Waals surface area contributed by atoms with Gasteiger partial charge in [0.2, 0.25) is 0 Å². The Labute approximate surface area is 187 Å². The van der Waals surface area contributed by atoms with Crippen LogP contribution in [-0.4, -0.2) is 9.38 Å². The number of imidazole rings is 1. The highest BCUT2D eigenvalue weighted by atomic mass is 15.0. The molecule has 1 saturated carbocycles. The molecule has 32 heavy (non-hydrogen) atoms. The highest BCUT2D eigenvalue weighted by molar-refractivity contribution is 5.88. The second-order valence-corrected chi connectivity index (χ2v) is 9.80. The Balaban J connectivity index is 1.23. The molecule has 5 aliphatic rings. The van der Waals surface area contributed by atoms with Crippen LogP contribution < -0.4 is 0 Å². The van der Waals surface area contributed by atoms with Gasteiger partial charge >= 0.3 is 0 Å². The number of benzene rings is 1. The minimum atomic E-state index is 0.175. The Hall–Kier alpha value is -3.65. The van der Waals surface area contributed by atoms with Crippen molar-refractivity contribution in [2.45, 2.75) is 12.8 Å². The summed E-state index contributed by atoms with van der Waals surface area (Å²) in [6.45, 7) is 0. The van der Waals surface area contributed by atoms with Crippen molar-refractivity contribution in [3.05, 3.63) is 126 Å². The lowest BCUT2D eigenvalue weighted by Crippen LogP contribution is -2.61. The van der Waals surface area contributed by atoms with Crippen molar-refractivity contribution >= 4 is 11.2 Å². The van der Waals surface area contributed by atoms with E-state index in [1.165, 1.54) is 28.7 Å². The fraction of sp³-hybridized carbons (Fsp3) is 0.167. The summed E-state index contributed by atoms with van der Waals surface area (Å²) < 4.78 is 2.15. The van der Waals surface area contributed by atoms with Crippen molar-refractivity contribution < 1.29 is 0 Å². The van der Waals surface area contributed by atoms with Crippen LogP contribution in [0.1, 0.15) is 18.4 Å². The van der Waals surface area contributed by atoms with Gasteiger partial charge in [0, 0.05) is 28.5 Å². The van der Waals surface area contributed by atoms with E-state index in [9.17, 15) is 0 Å². The molecule has 1 spiro atoms. The molecule has 8 rings (SSSR count). The number of hydrogen-bond donors (Lipinski definition) is 0. The lowest BCUT2D eigenvalue weighted by Gasteiger charge is -2.69. The lowest BCUT2D eigenvalue weighted by atomic mass is 9.33. The SMILES string of the molecule is C1=CC23C=CC4=CC=C(c5ccc(-c6cnc7ccccn67)cc5)C5=CCC(=C1)C2C45C3. The third kappa shape index (κ3) is 1.86. The summed E-state index contributed by atoms with van der Waals surface area (Å²) in [4.78, 5) is 4.55. The van der Waals surface area contributed by atoms with E-state index in [1.54, 1.807) is 11.1 Å². The maximum absolute atomic E-state index is 4.55. The molecule has 3 unspecified atom stereocenters. The zero-order valence-electron chi connectivity index (χ0n) is 17.7. The second kappa shape index (κ2) is 5.58. The van der Waals surface area contributed by atoms with Crippen molar-refractivity contribution in [1.29, 1.82) is 0 Å². The van der Waals surface area contributed by atoms with Gasteiger partial charge in [-0.15, -0.1) is 0 Å². The van der Waals surface area contributed by atoms with Gasteiger partial charge in [-0.1, -0.05) is 84.5 Å². The minimum absolute atomic E-state index is 0.175. The van der Waals surface area contributed by atoms with Crippen molar-refractivity contribution in [3.63, 3.8) is 0 Å². The average molecular weight is 411 g/mol. The number of allylic oxidation sites excluding steroid dienone is 12. The van der Waals surface area contributed by atoms with E-state index >= 15 is 0 Å². The summed E-state index contributed by atoms with van der Waals surface area (Å²) in [6, 6.07) is 15.2. The Morgan fingerprint density at radius 3 is 2.78 bits per heavy atom. The summed E-state index contributed by atoms with van der Waals surface area (Å²) in [5.41, 5.74) is 11.1. The van der Waals surface area contributed by atoms with Crippen LogP contribution in [-0.2, 0) is 0 Å². The number of aromatic nitrogens is 2. The Morgan fingerprint density at radius 1 is 0.938 bits per heavy atom. The van der Waals surface area contributed by atoms with E-state index in [0.29, 0.717) is 5.92 Å². The first kappa shape index (κ1) is 17.0. The number of pyridine rings is 1. The summed E-state index contributed by atoms with van der Waals surface area (Å²) >= 11 is 0. The molecular formula is C30H22N2. The zero-order valence-corrected chi connectivity index (χ0v) is 17.7. The fourth-order valence-electron chi connectivity index (χ4n) is 7.18. The van der Waals surface area contributed by atoms with Crippen LogP contribution in [0.3, 0.4) is 0 Å². The van der Waals surface area contributed by atoms with Gasteiger partial charge in [0.05, 0.1) is 11.9 Å². The van der Waals surface area contributed by atoms with E-state index < -0.39 is 0 Å². The van der Waals surface area contributed by atoms with Gasteiger partial charge in [-0.2, -0.15) is 0 Å². The normalized spacial score (nSPS) is 30.7. The highest BCUT2D eigenvalue weighted by Gasteiger charge is 2.68. The van der Waals surface area contributed by atoms with E-state index in [-0.39, 0.29) is 10.8 Å². The third-order valence-electron chi connectivity index (χ3n) is 8.44. The van der Waals surface area contributed by atoms with E-state index in [1.807, 2.05) is 18.3 Å². The predicted octanol–water partition coefficient (Wildman–Crippen LogP) is 6.71. The van der Waals surface area contributed by atoms with Crippen molar-refractivity contribution in [2.24, 2.45) is 16.7 Å². The Bertz CT molecular complexity index is 1520. The second-order valence-electron chi connectivity index (χ2n) is 9.80. The minimum Gasteiger partial charge on any atom is -0.300 e. The van der Waals surface area contributed by atoms with Gasteiger partial charge in [0.15, 0.2) is 0 Å². The molecule has 2 heteroatoms. The molecule has 2 nitrogen and oxygen atoms in total. The molecule has 2 heterocycles. The average Bonchev–Trinajstić information content (AvgIpc) is 3.26. The molecule has 0 N–H and O–H groups in total. The molecule has 0 radical (unpaired) electrons. The predicted molar refractivity (Wildman–Crippen MR) is 129 cm³/mol. The summed E-state index contributed by atoms with van der Waals surface area (Å²) in [6.07, 6.45) is 25.6. The summed E-state index contributed by atoms with van der Waals surface area (Å²) in [5.74, 6) is 0.609. The van der Waals surface area contributed by atoms with Gasteiger partial charge in [-0.3, -0.25) is 4.40 Å². The van der Waals surface area contributed by atoms with E-state index in [0.717, 1.165) is 17.8 Å². The van der Waals surface area contributed by atoms with Crippen molar-refractivity contribution in [3.8, 4) is 11.3 Å². The lowest BCUT2D eigenvalue weighted by molar-refractivity contribution is 0.0101. The number of hydrogen-bond acceptors (Lipinski definition) is 1. The van der Waals surface area contributed by atoms with Crippen LogP contribution in [0.4, 0.5) is 0 Å². The van der Waals surface area contributed by atoms with Crippen LogP contribution in [0.2, 0.25) is 0 Å². The monoisotopic (exact) mass is 410 g/mol. The molecule has 5 aliphatic carbocycles. The molecule has 3 aromatic rings. The van der Waals surface area contributed by atoms with Crippen LogP contribution in [0.25, 0.3) is 22.5 Å². The Kier molecular flexibility index (Phi) is 2.96. The first-order valence-corrected chi connectivity index (χ1v) is 11.5. The third-order valence-corrected chi connectivity index (χ3v) is 8.44. The molecule has 0 amide bonds. The van der Waals surface area contributed by atoms with Gasteiger partial charge < -0.3 is 0 Å². The van der Waals surface area contributed by atoms with Crippen LogP contribution in [0.15, 0.2) is 120 Å². The van der Waals surface area contributed by atoms with Gasteiger partial charge in [0.1, 0.15) is 5.65 Å². The van der Waals surface area contributed by atoms with Crippen LogP contribution in [0, 0.1) is 16.7 Å². The zero-order chi connectivity index (χ0) is 20.9. The van der Waals surface area contributed by atoms with E-state index in [4.69, 9.17) is 0 Å². The molecule has 3 atom stereocenters. The summed E-state index contributed by atoms with van der Waals surface area (Å²) in [7, 11) is 0. The first-order chi connectivity index (χ1) is 15.8. The standard InChI is InChI=1S/C30H22N2/c1-2-17-32-26(18-31-27(32)5-1)21-8-6-20(7-9-21)24-12-11-23-14-16-29-15-3-4-22-10-13-25(24)30(23,19-29)28(22)29/h1-9,11-18,28H,10,19H2. The maximum Gasteiger partial charge on any atom is 0.137 e. The number of fused-ring (bicyclic) bond motifs is 1. The van der Waals surface area contributed by atoms with Crippen molar-refractivity contribution in [2.75, 3.05) is 0 Å². The van der Waals surface area contributed by atoms with Gasteiger partial charge in [-0.05, 0) is 47.3 Å². The van der Waals surface area contributed by atoms with Crippen LogP contribution in [0.5, 0.6) is 0 Å². The smallest absolute Gasteiger partial charge is 0.137 e. The Morgan fingerprint density at radius 2 is 1.84 bits per heavy atom. The number of rotatable bonds is 2. The largest absolute Gasteiger partial charge is 0.300 e. The van der Waals surface area contributed by atoms with Crippen LogP contribution >= 0.6 is 0 Å². The molecule has 2 bridgehead atoms. The first-order valence-electron chi connectivity index (χ1n) is 11.5. The molecular weight excluding hydrogens is 388 g/mol. The van der Waals surface area contributed by atoms with Crippen molar-refractivity contribution in [1.82, 2.24) is 9.38 Å². The fourth-order valence-corrected chi connectivity index (χ4v) is 7.18. The maximum atomic E-state index is 4.55. The van der Waals surface area contributed by atoms with Gasteiger partial charge in [-0.25, -0.2) is 4.98 Å². The highest BCUT2D eigenvalue weighted by Crippen LogP contribution is 2.77. The number of nitrogens with zero attached hydrogens (tertiary/aromatic N) is 2. The topological polar surface area (TPSA) is 17.3 Å². The molecule has 1 fully saturated rings. The van der Waals surface area contributed by atoms with Gasteiger partial charge in [0.25, 0.3) is 0 Å². The summed E-state index contributed by atoms with van der Waals surface area (Å²) in [5, 5.41) is 0. The molecule has 0 aliphatic heterocycles. The molecule has 152 valence electrons.